The summed E-state index contributed by atoms with van der Waals surface area (Å²) < 4.78 is 8.30. The van der Waals surface area contributed by atoms with Crippen molar-refractivity contribution in [2.24, 2.45) is 4.99 Å². The summed E-state index contributed by atoms with van der Waals surface area (Å²) in [5.74, 6) is -0.937. The van der Waals surface area contributed by atoms with Crippen LogP contribution in [0.15, 0.2) is 40.2 Å². The van der Waals surface area contributed by atoms with E-state index < -0.39 is 5.97 Å². The van der Waals surface area contributed by atoms with Crippen molar-refractivity contribution in [3.63, 3.8) is 0 Å². The molecule has 3 aromatic heterocycles. The predicted molar refractivity (Wildman–Crippen MR) is 113 cm³/mol. The fourth-order valence-corrected chi connectivity index (χ4v) is 3.29. The Kier molecular flexibility index (Phi) is 6.76. The number of hydrogen-bond donors (Lipinski definition) is 0. The number of pyridine rings is 2. The Labute approximate surface area is 173 Å². The number of ether oxygens (including phenoxy) is 1. The number of nitrogens with zero attached hydrogens (tertiary/aromatic N) is 4. The highest BCUT2D eigenvalue weighted by Crippen LogP contribution is 2.12. The van der Waals surface area contributed by atoms with Crippen molar-refractivity contribution in [1.82, 2.24) is 14.0 Å². The standard InChI is InChI=1S/C22H26N4O4/c1-4-7-11-18(27)24-20-16(22(29)30-6-3)14-15-19(26(20)12-5-2)23-17-10-8-9-13-25(17)21(15)28/h8-10,13-14H,4-7,11-12H2,1-3H3. The van der Waals surface area contributed by atoms with Gasteiger partial charge in [0.25, 0.3) is 5.56 Å². The highest BCUT2D eigenvalue weighted by molar-refractivity contribution is 5.93. The first-order valence-electron chi connectivity index (χ1n) is 10.3. The Balaban J connectivity index is 2.44. The van der Waals surface area contributed by atoms with Crippen LogP contribution in [0.25, 0.3) is 16.7 Å². The summed E-state index contributed by atoms with van der Waals surface area (Å²) in [6, 6.07) is 6.72. The molecule has 158 valence electrons. The Morgan fingerprint density at radius 1 is 1.17 bits per heavy atom. The lowest BCUT2D eigenvalue weighted by molar-refractivity contribution is -0.118. The topological polar surface area (TPSA) is 95.0 Å². The van der Waals surface area contributed by atoms with E-state index in [1.165, 1.54) is 10.5 Å². The van der Waals surface area contributed by atoms with Crippen molar-refractivity contribution in [2.75, 3.05) is 6.61 Å². The molecule has 30 heavy (non-hydrogen) atoms. The van der Waals surface area contributed by atoms with Crippen LogP contribution >= 0.6 is 0 Å². The van der Waals surface area contributed by atoms with Crippen molar-refractivity contribution in [3.05, 3.63) is 51.9 Å². The van der Waals surface area contributed by atoms with E-state index in [0.717, 1.165) is 6.42 Å². The first-order valence-corrected chi connectivity index (χ1v) is 10.3. The van der Waals surface area contributed by atoms with Gasteiger partial charge in [-0.05, 0) is 38.0 Å². The molecule has 0 aliphatic carbocycles. The van der Waals surface area contributed by atoms with Crippen molar-refractivity contribution in [2.45, 2.75) is 53.0 Å². The van der Waals surface area contributed by atoms with Gasteiger partial charge in [-0.15, -0.1) is 0 Å². The quantitative estimate of drug-likeness (QED) is 0.441. The fraction of sp³-hybridized carbons (Fsp3) is 0.409. The molecule has 0 aliphatic heterocycles. The number of carbonyl (C=O) groups is 2. The lowest BCUT2D eigenvalue weighted by atomic mass is 10.2. The van der Waals surface area contributed by atoms with Crippen molar-refractivity contribution in [1.29, 1.82) is 0 Å². The van der Waals surface area contributed by atoms with E-state index in [0.29, 0.717) is 30.7 Å². The highest BCUT2D eigenvalue weighted by atomic mass is 16.5. The highest BCUT2D eigenvalue weighted by Gasteiger charge is 2.19. The minimum absolute atomic E-state index is 0.0948. The fourth-order valence-electron chi connectivity index (χ4n) is 3.29. The zero-order valence-corrected chi connectivity index (χ0v) is 17.6. The summed E-state index contributed by atoms with van der Waals surface area (Å²) in [6.07, 6.45) is 4.20. The average molecular weight is 410 g/mol. The number of aryl methyl sites for hydroxylation is 1. The third kappa shape index (κ3) is 4.17. The Hall–Kier alpha value is -3.29. The van der Waals surface area contributed by atoms with Gasteiger partial charge in [0, 0.05) is 19.2 Å². The third-order valence-electron chi connectivity index (χ3n) is 4.71. The van der Waals surface area contributed by atoms with E-state index in [1.54, 1.807) is 35.9 Å². The van der Waals surface area contributed by atoms with Crippen LogP contribution in [-0.2, 0) is 16.1 Å². The van der Waals surface area contributed by atoms with Crippen LogP contribution in [0.3, 0.4) is 0 Å². The van der Waals surface area contributed by atoms with Gasteiger partial charge in [-0.2, -0.15) is 4.99 Å². The van der Waals surface area contributed by atoms with E-state index in [9.17, 15) is 14.4 Å². The van der Waals surface area contributed by atoms with Crippen LogP contribution in [0.4, 0.5) is 0 Å². The lowest BCUT2D eigenvalue weighted by Crippen LogP contribution is -2.32. The van der Waals surface area contributed by atoms with Gasteiger partial charge in [0.15, 0.2) is 5.49 Å². The zero-order valence-electron chi connectivity index (χ0n) is 17.6. The Bertz CT molecular complexity index is 1220. The summed E-state index contributed by atoms with van der Waals surface area (Å²) in [5, 5.41) is 0.273. The molecule has 0 fully saturated rings. The zero-order chi connectivity index (χ0) is 21.7. The summed E-state index contributed by atoms with van der Waals surface area (Å²) in [7, 11) is 0. The van der Waals surface area contributed by atoms with Crippen LogP contribution in [0.5, 0.6) is 0 Å². The average Bonchev–Trinajstić information content (AvgIpc) is 2.74. The number of esters is 1. The van der Waals surface area contributed by atoms with Gasteiger partial charge >= 0.3 is 5.97 Å². The molecule has 0 saturated heterocycles. The monoisotopic (exact) mass is 410 g/mol. The molecule has 3 heterocycles. The summed E-state index contributed by atoms with van der Waals surface area (Å²) >= 11 is 0. The molecule has 0 atom stereocenters. The van der Waals surface area contributed by atoms with Gasteiger partial charge in [0.05, 0.1) is 12.0 Å². The number of hydrogen-bond acceptors (Lipinski definition) is 5. The first-order chi connectivity index (χ1) is 14.5. The van der Waals surface area contributed by atoms with E-state index in [-0.39, 0.29) is 40.9 Å². The summed E-state index contributed by atoms with van der Waals surface area (Å²) in [4.78, 5) is 47.2. The van der Waals surface area contributed by atoms with Crippen LogP contribution in [0.1, 0.15) is 56.8 Å². The molecule has 0 aliphatic rings. The Morgan fingerprint density at radius 3 is 2.67 bits per heavy atom. The number of carbonyl (C=O) groups excluding carboxylic acids is 2. The SMILES string of the molecule is CCCCC(=O)N=c1c(C(=O)OCC)cc2c(=O)n3ccccc3nc2n1CCC. The van der Waals surface area contributed by atoms with Crippen molar-refractivity contribution >= 4 is 28.6 Å². The molecular weight excluding hydrogens is 384 g/mol. The number of aromatic nitrogens is 3. The second kappa shape index (κ2) is 9.47. The smallest absolute Gasteiger partial charge is 0.341 e. The van der Waals surface area contributed by atoms with E-state index >= 15 is 0 Å². The number of rotatable bonds is 7. The first kappa shape index (κ1) is 21.4. The van der Waals surface area contributed by atoms with Crippen LogP contribution in [0.2, 0.25) is 0 Å². The predicted octanol–water partition coefficient (Wildman–Crippen LogP) is 2.85. The molecule has 3 aromatic rings. The van der Waals surface area contributed by atoms with Gasteiger partial charge in [-0.3, -0.25) is 14.0 Å². The molecule has 8 heteroatoms. The van der Waals surface area contributed by atoms with Gasteiger partial charge < -0.3 is 9.30 Å². The van der Waals surface area contributed by atoms with Gasteiger partial charge in [0.2, 0.25) is 5.91 Å². The van der Waals surface area contributed by atoms with Gasteiger partial charge in [-0.25, -0.2) is 9.78 Å². The molecule has 8 nitrogen and oxygen atoms in total. The maximum Gasteiger partial charge on any atom is 0.341 e. The van der Waals surface area contributed by atoms with E-state index in [4.69, 9.17) is 4.74 Å². The van der Waals surface area contributed by atoms with Crippen LogP contribution in [0, 0.1) is 0 Å². The van der Waals surface area contributed by atoms with Gasteiger partial charge in [-0.1, -0.05) is 26.3 Å². The molecule has 0 spiro atoms. The normalized spacial score (nSPS) is 11.9. The second-order valence-electron chi connectivity index (χ2n) is 6.95. The molecule has 0 N–H and O–H groups in total. The van der Waals surface area contributed by atoms with Crippen LogP contribution < -0.4 is 11.0 Å². The largest absolute Gasteiger partial charge is 0.462 e. The van der Waals surface area contributed by atoms with E-state index in [2.05, 4.69) is 9.98 Å². The molecule has 0 unspecified atom stereocenters. The third-order valence-corrected chi connectivity index (χ3v) is 4.71. The van der Waals surface area contributed by atoms with E-state index in [1.807, 2.05) is 13.8 Å². The Morgan fingerprint density at radius 2 is 1.97 bits per heavy atom. The molecule has 0 aromatic carbocycles. The molecule has 3 rings (SSSR count). The maximum absolute atomic E-state index is 13.1. The molecule has 1 amide bonds. The van der Waals surface area contributed by atoms with Crippen molar-refractivity contribution < 1.29 is 14.3 Å². The van der Waals surface area contributed by atoms with Crippen molar-refractivity contribution in [3.8, 4) is 0 Å². The molecule has 0 radical (unpaired) electrons. The second-order valence-corrected chi connectivity index (χ2v) is 6.95. The number of unbranched alkanes of at least 4 members (excludes halogenated alkanes) is 1. The minimum atomic E-state index is -0.621. The molecular formula is C22H26N4O4. The minimum Gasteiger partial charge on any atom is -0.462 e. The van der Waals surface area contributed by atoms with Crippen LogP contribution in [-0.4, -0.2) is 32.4 Å². The number of fused-ring (bicyclic) bond motifs is 2. The summed E-state index contributed by atoms with van der Waals surface area (Å²) in [6.45, 7) is 6.27. The lowest BCUT2D eigenvalue weighted by Gasteiger charge is -2.14. The maximum atomic E-state index is 13.1. The number of amides is 1. The van der Waals surface area contributed by atoms with Gasteiger partial charge in [0.1, 0.15) is 16.9 Å². The molecule has 0 bridgehead atoms. The summed E-state index contributed by atoms with van der Waals surface area (Å²) in [5.41, 5.74) is 0.860. The molecule has 0 saturated carbocycles.